The van der Waals surface area contributed by atoms with Gasteiger partial charge in [-0.3, -0.25) is 19.3 Å². The number of benzene rings is 1. The van der Waals surface area contributed by atoms with Crippen molar-refractivity contribution in [3.63, 3.8) is 0 Å². The molecule has 0 bridgehead atoms. The van der Waals surface area contributed by atoms with Gasteiger partial charge in [-0.25, -0.2) is 13.8 Å². The fraction of sp³-hybridized carbons (Fsp3) is 0.417. The Kier molecular flexibility index (Phi) is 5.46. The van der Waals surface area contributed by atoms with Gasteiger partial charge in [0.05, 0.1) is 27.5 Å². The van der Waals surface area contributed by atoms with Gasteiger partial charge < -0.3 is 14.4 Å². The molecule has 2 amide bonds. The molecular formula is C24H19ClF5N3O5. The summed E-state index contributed by atoms with van der Waals surface area (Å²) in [5.41, 5.74) is -3.02. The second-order valence-corrected chi connectivity index (χ2v) is 9.78. The number of pyridine rings is 1. The summed E-state index contributed by atoms with van der Waals surface area (Å²) in [6, 6.07) is -0.460. The highest BCUT2D eigenvalue weighted by Crippen LogP contribution is 2.43. The van der Waals surface area contributed by atoms with Crippen LogP contribution in [-0.4, -0.2) is 53.6 Å². The molecule has 38 heavy (non-hydrogen) atoms. The number of ether oxygens (including phenoxy) is 2. The molecule has 1 aromatic heterocycles. The van der Waals surface area contributed by atoms with Crippen molar-refractivity contribution >= 4 is 40.7 Å². The number of ketones is 1. The first kappa shape index (κ1) is 23.9. The lowest BCUT2D eigenvalue weighted by Crippen LogP contribution is -2.51. The van der Waals surface area contributed by atoms with Gasteiger partial charge in [0, 0.05) is 22.2 Å². The first-order chi connectivity index (χ1) is 18.5. The third-order valence-electron chi connectivity index (χ3n) is 6.44. The van der Waals surface area contributed by atoms with Gasteiger partial charge in [0.2, 0.25) is 0 Å². The van der Waals surface area contributed by atoms with Gasteiger partial charge in [-0.1, -0.05) is 11.6 Å². The largest absolute Gasteiger partial charge is 0.417 e. The maximum atomic E-state index is 14.8. The van der Waals surface area contributed by atoms with Crippen molar-refractivity contribution < 1.29 is 48.6 Å². The Morgan fingerprint density at radius 1 is 1.18 bits per heavy atom. The second-order valence-electron chi connectivity index (χ2n) is 9.37. The summed E-state index contributed by atoms with van der Waals surface area (Å²) in [6.07, 6.45) is -8.42. The van der Waals surface area contributed by atoms with Crippen molar-refractivity contribution in [3.8, 4) is 0 Å². The number of aryl methyl sites for hydroxylation is 1. The number of rotatable bonds is 3. The van der Waals surface area contributed by atoms with Gasteiger partial charge in [0.15, 0.2) is 17.7 Å². The second kappa shape index (κ2) is 8.68. The Morgan fingerprint density at radius 2 is 1.89 bits per heavy atom. The van der Waals surface area contributed by atoms with Crippen molar-refractivity contribution in [1.29, 1.82) is 0 Å². The first-order valence-electron chi connectivity index (χ1n) is 12.3. The lowest BCUT2D eigenvalue weighted by atomic mass is 10.1. The van der Waals surface area contributed by atoms with Gasteiger partial charge in [-0.2, -0.15) is 13.2 Å². The van der Waals surface area contributed by atoms with E-state index in [2.05, 4.69) is 4.98 Å². The normalized spacial score (nSPS) is 25.0. The van der Waals surface area contributed by atoms with Gasteiger partial charge in [-0.15, -0.1) is 0 Å². The van der Waals surface area contributed by atoms with E-state index < -0.39 is 94.1 Å². The van der Waals surface area contributed by atoms with Crippen LogP contribution in [0.4, 0.5) is 33.5 Å². The van der Waals surface area contributed by atoms with E-state index in [9.17, 15) is 36.3 Å². The molecule has 2 saturated heterocycles. The molecule has 0 radical (unpaired) electrons. The number of hydrogen-bond donors (Lipinski definition) is 0. The molecule has 8 nitrogen and oxygen atoms in total. The average Bonchev–Trinajstić information content (AvgIpc) is 3.45. The van der Waals surface area contributed by atoms with Crippen molar-refractivity contribution in [3.05, 3.63) is 51.7 Å². The number of amides is 2. The maximum Gasteiger partial charge on any atom is 0.417 e. The molecule has 0 N–H and O–H groups in total. The standard InChI is InChI=1S/C24H19ClF5N3O5/c1-23(2)37-19-18(21(35)32(3)14-7-10(25)11(26)8-12(14)27)33(22(36)20(19)38-23)16-6-9(24(28,29)30)17-13(31-16)4-5-15(17)34/h6-8,18-20H,4-5H2,1-3H3/t18-,19-,20-/m0/s1/i3D2. The van der Waals surface area contributed by atoms with Crippen LogP contribution in [-0.2, 0) is 31.7 Å². The highest BCUT2D eigenvalue weighted by atomic mass is 35.5. The summed E-state index contributed by atoms with van der Waals surface area (Å²) in [5, 5.41) is -0.645. The third kappa shape index (κ3) is 4.12. The number of Topliss-reactive ketones (excluding diaryl/α,β-unsaturated/α-hetero) is 1. The number of likely N-dealkylation sites (N-methyl/N-ethyl adjacent to an activating group) is 1. The van der Waals surface area contributed by atoms with Crippen LogP contribution in [0.2, 0.25) is 5.02 Å². The quantitative estimate of drug-likeness (QED) is 0.415. The summed E-state index contributed by atoms with van der Waals surface area (Å²) >= 11 is 5.74. The summed E-state index contributed by atoms with van der Waals surface area (Å²) in [7, 11) is 0. The van der Waals surface area contributed by atoms with E-state index in [1.807, 2.05) is 0 Å². The minimum absolute atomic E-state index is 0.147. The number of carbonyl (C=O) groups excluding carboxylic acids is 3. The fourth-order valence-corrected chi connectivity index (χ4v) is 5.03. The van der Waals surface area contributed by atoms with Crippen LogP contribution in [0, 0.1) is 11.6 Å². The molecule has 5 rings (SSSR count). The third-order valence-corrected chi connectivity index (χ3v) is 6.73. The molecule has 0 unspecified atom stereocenters. The zero-order valence-electron chi connectivity index (χ0n) is 21.6. The van der Waals surface area contributed by atoms with Crippen LogP contribution in [0.5, 0.6) is 0 Å². The summed E-state index contributed by atoms with van der Waals surface area (Å²) in [6.45, 7) is 0.548. The van der Waals surface area contributed by atoms with E-state index in [0.717, 1.165) is 0 Å². The minimum Gasteiger partial charge on any atom is -0.341 e. The highest BCUT2D eigenvalue weighted by Gasteiger charge is 2.61. The molecule has 3 aliphatic rings. The monoisotopic (exact) mass is 561 g/mol. The van der Waals surface area contributed by atoms with Gasteiger partial charge >= 0.3 is 6.18 Å². The Balaban J connectivity index is 1.68. The van der Waals surface area contributed by atoms with E-state index in [1.54, 1.807) is 0 Å². The molecule has 202 valence electrons. The Labute approximate surface area is 220 Å². The Hall–Kier alpha value is -3.16. The number of nitrogens with zero attached hydrogens (tertiary/aromatic N) is 3. The predicted molar refractivity (Wildman–Crippen MR) is 122 cm³/mol. The zero-order chi connectivity index (χ0) is 29.5. The van der Waals surface area contributed by atoms with E-state index in [-0.39, 0.29) is 23.4 Å². The van der Waals surface area contributed by atoms with Crippen LogP contribution in [0.25, 0.3) is 0 Å². The van der Waals surface area contributed by atoms with Crippen LogP contribution < -0.4 is 9.80 Å². The fourth-order valence-electron chi connectivity index (χ4n) is 4.88. The Bertz CT molecular complexity index is 1460. The maximum absolute atomic E-state index is 14.8. The first-order valence-corrected chi connectivity index (χ1v) is 11.5. The Morgan fingerprint density at radius 3 is 2.55 bits per heavy atom. The summed E-state index contributed by atoms with van der Waals surface area (Å²) in [4.78, 5) is 44.6. The van der Waals surface area contributed by atoms with E-state index in [1.165, 1.54) is 13.8 Å². The van der Waals surface area contributed by atoms with Crippen molar-refractivity contribution in [2.45, 2.75) is 56.9 Å². The molecule has 2 fully saturated rings. The van der Waals surface area contributed by atoms with E-state index in [4.69, 9.17) is 23.8 Å². The summed E-state index contributed by atoms with van der Waals surface area (Å²) in [5.74, 6) is -7.79. The number of fused-ring (bicyclic) bond motifs is 2. The molecule has 0 spiro atoms. The highest BCUT2D eigenvalue weighted by molar-refractivity contribution is 6.31. The smallest absolute Gasteiger partial charge is 0.341 e. The molecular weight excluding hydrogens is 541 g/mol. The van der Waals surface area contributed by atoms with Crippen LogP contribution >= 0.6 is 11.6 Å². The van der Waals surface area contributed by atoms with Crippen LogP contribution in [0.1, 0.15) is 44.6 Å². The van der Waals surface area contributed by atoms with Gasteiger partial charge in [0.25, 0.3) is 11.8 Å². The number of halogens is 6. The number of hydrogen-bond acceptors (Lipinski definition) is 6. The van der Waals surface area contributed by atoms with Crippen LogP contribution in [0.3, 0.4) is 0 Å². The van der Waals surface area contributed by atoms with Crippen molar-refractivity contribution in [2.24, 2.45) is 0 Å². The SMILES string of the molecule is [2H]C([2H])N(C(=O)[C@@H]1[C@@H]2OC(C)(C)O[C@@H]2C(=O)N1c1cc(C(F)(F)F)c2c(n1)CCC2=O)c1cc(Cl)c(F)cc1F. The molecule has 1 aliphatic carbocycles. The molecule has 14 heteroatoms. The molecule has 0 saturated carbocycles. The molecule has 2 aliphatic heterocycles. The summed E-state index contributed by atoms with van der Waals surface area (Å²) < 4.78 is 97.7. The minimum atomic E-state index is -5.03. The van der Waals surface area contributed by atoms with Crippen molar-refractivity contribution in [1.82, 2.24) is 4.98 Å². The molecule has 2 aromatic rings. The van der Waals surface area contributed by atoms with Gasteiger partial charge in [0.1, 0.15) is 29.6 Å². The number of anilines is 2. The topological polar surface area (TPSA) is 89.0 Å². The molecule has 3 heterocycles. The lowest BCUT2D eigenvalue weighted by Gasteiger charge is -2.32. The van der Waals surface area contributed by atoms with Gasteiger partial charge in [-0.05, 0) is 32.4 Å². The van der Waals surface area contributed by atoms with E-state index >= 15 is 0 Å². The molecule has 3 atom stereocenters. The molecule has 1 aromatic carbocycles. The average molecular weight is 562 g/mol. The zero-order valence-corrected chi connectivity index (χ0v) is 20.4. The van der Waals surface area contributed by atoms with Crippen molar-refractivity contribution in [2.75, 3.05) is 16.8 Å². The predicted octanol–water partition coefficient (Wildman–Crippen LogP) is 4.06. The number of alkyl halides is 3. The number of carbonyl (C=O) groups is 3. The van der Waals surface area contributed by atoms with E-state index in [0.29, 0.717) is 23.1 Å². The lowest BCUT2D eigenvalue weighted by molar-refractivity contribution is -0.161. The number of aromatic nitrogens is 1. The van der Waals surface area contributed by atoms with Crippen LogP contribution in [0.15, 0.2) is 18.2 Å².